The lowest BCUT2D eigenvalue weighted by atomic mass is 9.79. The van der Waals surface area contributed by atoms with Gasteiger partial charge in [-0.2, -0.15) is 0 Å². The summed E-state index contributed by atoms with van der Waals surface area (Å²) in [7, 11) is 1.72. The number of aliphatic hydroxyl groups excluding tert-OH is 1. The number of hydrogen-bond donors (Lipinski definition) is 2. The molecule has 4 heteroatoms. The molecule has 3 N–H and O–H groups in total. The zero-order valence-corrected chi connectivity index (χ0v) is 17.1. The Morgan fingerprint density at radius 1 is 1.25 bits per heavy atom. The summed E-state index contributed by atoms with van der Waals surface area (Å²) in [6.07, 6.45) is 10.5. The Balaban J connectivity index is 1.59. The van der Waals surface area contributed by atoms with Gasteiger partial charge in [0.05, 0.1) is 12.8 Å². The molecule has 0 saturated heterocycles. The second-order valence-corrected chi connectivity index (χ2v) is 7.98. The molecule has 1 aliphatic rings. The lowest BCUT2D eigenvalue weighted by Crippen LogP contribution is -2.17. The third kappa shape index (κ3) is 5.33. The van der Waals surface area contributed by atoms with Gasteiger partial charge in [0.25, 0.3) is 0 Å². The molecule has 0 unspecified atom stereocenters. The van der Waals surface area contributed by atoms with E-state index in [-0.39, 0.29) is 6.61 Å². The normalized spacial score (nSPS) is 17.2. The number of nitrogens with two attached hydrogens (primary N) is 1. The van der Waals surface area contributed by atoms with Gasteiger partial charge < -0.3 is 15.6 Å². The third-order valence-electron chi connectivity index (χ3n) is 6.14. The van der Waals surface area contributed by atoms with Crippen LogP contribution in [0.25, 0.3) is 0 Å². The van der Waals surface area contributed by atoms with Crippen molar-refractivity contribution in [2.45, 2.75) is 57.3 Å². The van der Waals surface area contributed by atoms with Crippen LogP contribution in [0, 0.1) is 5.92 Å². The second-order valence-electron chi connectivity index (χ2n) is 7.98. The highest BCUT2D eigenvalue weighted by molar-refractivity contribution is 5.36. The van der Waals surface area contributed by atoms with E-state index in [0.29, 0.717) is 18.4 Å². The minimum atomic E-state index is 0.271. The van der Waals surface area contributed by atoms with E-state index in [9.17, 15) is 0 Å². The van der Waals surface area contributed by atoms with E-state index in [1.165, 1.54) is 23.1 Å². The number of unbranched alkanes of at least 4 members (excludes halogenated alkanes) is 1. The Morgan fingerprint density at radius 2 is 2.14 bits per heavy atom. The van der Waals surface area contributed by atoms with Gasteiger partial charge in [-0.3, -0.25) is 4.98 Å². The van der Waals surface area contributed by atoms with Crippen LogP contribution >= 0.6 is 0 Å². The Bertz CT molecular complexity index is 747. The summed E-state index contributed by atoms with van der Waals surface area (Å²) in [6.45, 7) is 0.950. The topological polar surface area (TPSA) is 68.4 Å². The highest BCUT2D eigenvalue weighted by atomic mass is 16.5. The number of fused-ring (bicyclic) bond motifs is 1. The molecular weight excluding hydrogens is 348 g/mol. The molecule has 0 radical (unpaired) electrons. The first-order chi connectivity index (χ1) is 13.7. The van der Waals surface area contributed by atoms with Crippen LogP contribution in [-0.2, 0) is 19.3 Å². The van der Waals surface area contributed by atoms with E-state index in [4.69, 9.17) is 15.6 Å². The van der Waals surface area contributed by atoms with Crippen molar-refractivity contribution in [2.75, 3.05) is 20.3 Å². The minimum absolute atomic E-state index is 0.271. The quantitative estimate of drug-likeness (QED) is 0.609. The van der Waals surface area contributed by atoms with Crippen molar-refractivity contribution in [3.8, 4) is 5.75 Å². The van der Waals surface area contributed by atoms with Crippen molar-refractivity contribution in [1.29, 1.82) is 0 Å². The first-order valence-corrected chi connectivity index (χ1v) is 10.7. The molecule has 0 aliphatic heterocycles. The number of aryl methyl sites for hydroxylation is 2. The van der Waals surface area contributed by atoms with E-state index in [1.807, 2.05) is 18.3 Å². The number of methoxy groups -OCH3 is 1. The number of aliphatic hydroxyl groups is 1. The van der Waals surface area contributed by atoms with E-state index in [1.54, 1.807) is 7.11 Å². The van der Waals surface area contributed by atoms with Gasteiger partial charge in [0.2, 0.25) is 0 Å². The van der Waals surface area contributed by atoms with Gasteiger partial charge in [-0.1, -0.05) is 24.6 Å². The average Bonchev–Trinajstić information content (AvgIpc) is 2.75. The molecule has 1 aromatic carbocycles. The highest BCUT2D eigenvalue weighted by Crippen LogP contribution is 2.32. The first kappa shape index (κ1) is 20.8. The fraction of sp³-hybridized carbons (Fsp3) is 0.542. The van der Waals surface area contributed by atoms with Gasteiger partial charge in [-0.25, -0.2) is 0 Å². The molecule has 152 valence electrons. The summed E-state index contributed by atoms with van der Waals surface area (Å²) in [5.41, 5.74) is 11.5. The number of rotatable bonds is 10. The summed E-state index contributed by atoms with van der Waals surface area (Å²) < 4.78 is 5.44. The van der Waals surface area contributed by atoms with Gasteiger partial charge in [-0.05, 0) is 92.1 Å². The number of nitrogens with zero attached hydrogens (tertiary/aromatic N) is 1. The van der Waals surface area contributed by atoms with Gasteiger partial charge >= 0.3 is 0 Å². The van der Waals surface area contributed by atoms with Crippen molar-refractivity contribution < 1.29 is 9.84 Å². The summed E-state index contributed by atoms with van der Waals surface area (Å²) in [5, 5.41) is 9.01. The monoisotopic (exact) mass is 382 g/mol. The molecule has 0 bridgehead atoms. The van der Waals surface area contributed by atoms with Crippen LogP contribution in [0.3, 0.4) is 0 Å². The number of hydrogen-bond acceptors (Lipinski definition) is 4. The molecule has 3 rings (SSSR count). The van der Waals surface area contributed by atoms with E-state index in [0.717, 1.165) is 56.4 Å². The Kier molecular flexibility index (Phi) is 7.87. The SMILES string of the molecule is COc1cccnc1CC[C@H]1CCc2cc([C@H](CN)CCCCO)ccc2C1. The fourth-order valence-electron chi connectivity index (χ4n) is 4.41. The molecule has 2 atom stereocenters. The molecule has 4 nitrogen and oxygen atoms in total. The number of aromatic nitrogens is 1. The van der Waals surface area contributed by atoms with Crippen molar-refractivity contribution in [3.05, 3.63) is 58.9 Å². The maximum Gasteiger partial charge on any atom is 0.140 e. The van der Waals surface area contributed by atoms with Crippen LogP contribution < -0.4 is 10.5 Å². The van der Waals surface area contributed by atoms with Crippen LogP contribution in [0.1, 0.15) is 60.4 Å². The van der Waals surface area contributed by atoms with Crippen molar-refractivity contribution in [3.63, 3.8) is 0 Å². The molecule has 0 fully saturated rings. The lowest BCUT2D eigenvalue weighted by Gasteiger charge is -2.26. The van der Waals surface area contributed by atoms with Gasteiger partial charge in [0.15, 0.2) is 0 Å². The van der Waals surface area contributed by atoms with Crippen molar-refractivity contribution in [2.24, 2.45) is 11.7 Å². The number of pyridine rings is 1. The second kappa shape index (κ2) is 10.6. The summed E-state index contributed by atoms with van der Waals surface area (Å²) in [4.78, 5) is 4.50. The summed E-state index contributed by atoms with van der Waals surface area (Å²) in [6, 6.07) is 10.9. The van der Waals surface area contributed by atoms with Crippen molar-refractivity contribution >= 4 is 0 Å². The standard InChI is InChI=1S/C24H34N2O2/c1-28-24-6-4-13-26-23(24)12-8-18-7-9-20-16-21(11-10-19(20)15-18)22(17-25)5-2-3-14-27/h4,6,10-11,13,16,18,22,27H,2-3,5,7-9,12,14-15,17,25H2,1H3/t18-,22+/m1/s1. The highest BCUT2D eigenvalue weighted by Gasteiger charge is 2.21. The average molecular weight is 383 g/mol. The predicted octanol–water partition coefficient (Wildman–Crippen LogP) is 4.03. The third-order valence-corrected chi connectivity index (χ3v) is 6.14. The smallest absolute Gasteiger partial charge is 0.140 e. The van der Waals surface area contributed by atoms with Crippen LogP contribution in [0.4, 0.5) is 0 Å². The molecular formula is C24H34N2O2. The first-order valence-electron chi connectivity index (χ1n) is 10.7. The van der Waals surface area contributed by atoms with Crippen LogP contribution in [0.2, 0.25) is 0 Å². The molecule has 2 aromatic rings. The maximum absolute atomic E-state index is 9.01. The van der Waals surface area contributed by atoms with Crippen LogP contribution in [0.5, 0.6) is 5.75 Å². The predicted molar refractivity (Wildman–Crippen MR) is 114 cm³/mol. The Hall–Kier alpha value is -1.91. The van der Waals surface area contributed by atoms with Crippen molar-refractivity contribution in [1.82, 2.24) is 4.98 Å². The van der Waals surface area contributed by atoms with E-state index in [2.05, 4.69) is 23.2 Å². The van der Waals surface area contributed by atoms with Gasteiger partial charge in [-0.15, -0.1) is 0 Å². The van der Waals surface area contributed by atoms with E-state index < -0.39 is 0 Å². The molecule has 0 saturated carbocycles. The fourth-order valence-corrected chi connectivity index (χ4v) is 4.41. The molecule has 1 heterocycles. The van der Waals surface area contributed by atoms with Crippen LogP contribution in [-0.4, -0.2) is 30.4 Å². The zero-order valence-electron chi connectivity index (χ0n) is 17.1. The summed E-state index contributed by atoms with van der Waals surface area (Å²) >= 11 is 0. The van der Waals surface area contributed by atoms with E-state index >= 15 is 0 Å². The molecule has 0 amide bonds. The molecule has 28 heavy (non-hydrogen) atoms. The molecule has 1 aromatic heterocycles. The zero-order chi connectivity index (χ0) is 19.8. The molecule has 0 spiro atoms. The number of benzene rings is 1. The number of ether oxygens (including phenoxy) is 1. The molecule has 1 aliphatic carbocycles. The largest absolute Gasteiger partial charge is 0.495 e. The Labute approximate surface area is 169 Å². The van der Waals surface area contributed by atoms with Crippen LogP contribution in [0.15, 0.2) is 36.5 Å². The summed E-state index contributed by atoms with van der Waals surface area (Å²) in [5.74, 6) is 2.02. The maximum atomic E-state index is 9.01. The Morgan fingerprint density at radius 3 is 2.93 bits per heavy atom. The minimum Gasteiger partial charge on any atom is -0.495 e. The van der Waals surface area contributed by atoms with Gasteiger partial charge in [0, 0.05) is 12.8 Å². The van der Waals surface area contributed by atoms with Gasteiger partial charge in [0.1, 0.15) is 5.75 Å². The lowest BCUT2D eigenvalue weighted by molar-refractivity contribution is 0.281.